The van der Waals surface area contributed by atoms with Gasteiger partial charge in [0.25, 0.3) is 0 Å². The molecule has 0 saturated carbocycles. The van der Waals surface area contributed by atoms with E-state index in [1.54, 1.807) is 14.2 Å². The lowest BCUT2D eigenvalue weighted by Gasteiger charge is -2.12. The predicted molar refractivity (Wildman–Crippen MR) is 109 cm³/mol. The minimum Gasteiger partial charge on any atom is -0.493 e. The molecule has 0 aliphatic rings. The second-order valence-corrected chi connectivity index (χ2v) is 7.06. The molecule has 4 aromatic rings. The highest BCUT2D eigenvalue weighted by Crippen LogP contribution is 2.35. The maximum absolute atomic E-state index is 10.7. The Morgan fingerprint density at radius 3 is 2.43 bits per heavy atom. The van der Waals surface area contributed by atoms with Crippen molar-refractivity contribution >= 4 is 32.7 Å². The van der Waals surface area contributed by atoms with Crippen molar-refractivity contribution in [3.05, 3.63) is 60.4 Å². The van der Waals surface area contributed by atoms with Crippen LogP contribution in [0.4, 0.5) is 0 Å². The number of rotatable bonds is 6. The number of hydrogen-bond donors (Lipinski definition) is 2. The minimum absolute atomic E-state index is 0.273. The number of benzene rings is 2. The Morgan fingerprint density at radius 1 is 1.04 bits per heavy atom. The van der Waals surface area contributed by atoms with E-state index in [2.05, 4.69) is 14.3 Å². The van der Waals surface area contributed by atoms with Gasteiger partial charge >= 0.3 is 0 Å². The first kappa shape index (κ1) is 18.3. The number of nitrogens with one attached hydrogen (secondary N) is 1. The summed E-state index contributed by atoms with van der Waals surface area (Å²) in [5.41, 5.74) is 3.68. The molecule has 0 radical (unpaired) electrons. The number of fused-ring (bicyclic) bond motifs is 3. The van der Waals surface area contributed by atoms with Crippen LogP contribution in [-0.4, -0.2) is 32.2 Å². The lowest BCUT2D eigenvalue weighted by molar-refractivity contribution is 0.356. The van der Waals surface area contributed by atoms with Crippen molar-refractivity contribution in [1.29, 1.82) is 0 Å². The zero-order valence-corrected chi connectivity index (χ0v) is 16.3. The predicted octanol–water partition coefficient (Wildman–Crippen LogP) is 2.81. The third-order valence-electron chi connectivity index (χ3n) is 4.64. The highest BCUT2D eigenvalue weighted by atomic mass is 32.2. The molecule has 0 saturated heterocycles. The van der Waals surface area contributed by atoms with E-state index >= 15 is 0 Å². The maximum Gasteiger partial charge on any atom is 0.201 e. The molecule has 0 unspecified atom stereocenters. The largest absolute Gasteiger partial charge is 0.493 e. The van der Waals surface area contributed by atoms with Gasteiger partial charge in [0.15, 0.2) is 11.5 Å². The van der Waals surface area contributed by atoms with E-state index in [0.29, 0.717) is 11.5 Å². The standard InChI is InChI=1S/C20H19N3O4S/c1-26-18-9-16-17(10-19(18)27-2)21-12-14-7-8-23(20(14)16)15-5-3-13(4-6-15)11-22-28(24)25/h3-10,12,28H,11H2,1-2H3,(H,22,24,25). The van der Waals surface area contributed by atoms with E-state index < -0.39 is 10.9 Å². The van der Waals surface area contributed by atoms with Gasteiger partial charge in [0, 0.05) is 41.5 Å². The van der Waals surface area contributed by atoms with Crippen LogP contribution in [0, 0.1) is 0 Å². The summed E-state index contributed by atoms with van der Waals surface area (Å²) in [4.78, 5) is 4.54. The van der Waals surface area contributed by atoms with Gasteiger partial charge in [-0.15, -0.1) is 0 Å². The van der Waals surface area contributed by atoms with Crippen LogP contribution < -0.4 is 14.2 Å². The summed E-state index contributed by atoms with van der Waals surface area (Å²) in [6.07, 6.45) is 3.83. The lowest BCUT2D eigenvalue weighted by Crippen LogP contribution is -2.10. The number of methoxy groups -OCH3 is 2. The van der Waals surface area contributed by atoms with E-state index in [1.807, 2.05) is 54.9 Å². The number of ether oxygens (including phenoxy) is 2. The normalized spacial score (nSPS) is 11.4. The first-order chi connectivity index (χ1) is 13.6. The van der Waals surface area contributed by atoms with Crippen LogP contribution in [-0.2, 0) is 17.4 Å². The van der Waals surface area contributed by atoms with E-state index in [9.17, 15) is 8.42 Å². The van der Waals surface area contributed by atoms with Gasteiger partial charge in [0.05, 0.1) is 25.3 Å². The zero-order valence-electron chi connectivity index (χ0n) is 15.4. The van der Waals surface area contributed by atoms with Gasteiger partial charge in [-0.1, -0.05) is 12.1 Å². The summed E-state index contributed by atoms with van der Waals surface area (Å²) in [6.45, 7) is 0.273. The smallest absolute Gasteiger partial charge is 0.201 e. The molecule has 0 spiro atoms. The Bertz CT molecular complexity index is 1220. The molecule has 144 valence electrons. The quantitative estimate of drug-likeness (QED) is 0.489. The fourth-order valence-corrected chi connectivity index (χ4v) is 3.60. The van der Waals surface area contributed by atoms with Gasteiger partial charge in [0.1, 0.15) is 0 Å². The highest BCUT2D eigenvalue weighted by molar-refractivity contribution is 7.70. The summed E-state index contributed by atoms with van der Waals surface area (Å²) >= 11 is 0. The number of aromatic nitrogens is 2. The molecule has 0 bridgehead atoms. The van der Waals surface area contributed by atoms with Gasteiger partial charge in [-0.3, -0.25) is 4.98 Å². The minimum atomic E-state index is -2.60. The Kier molecular flexibility index (Phi) is 4.89. The van der Waals surface area contributed by atoms with Crippen LogP contribution in [0.5, 0.6) is 11.5 Å². The topological polar surface area (TPSA) is 82.5 Å². The van der Waals surface area contributed by atoms with Crippen molar-refractivity contribution in [1.82, 2.24) is 14.3 Å². The van der Waals surface area contributed by atoms with Crippen LogP contribution >= 0.6 is 0 Å². The Morgan fingerprint density at radius 2 is 1.75 bits per heavy atom. The molecule has 2 aromatic carbocycles. The van der Waals surface area contributed by atoms with Gasteiger partial charge in [-0.05, 0) is 29.8 Å². The summed E-state index contributed by atoms with van der Waals surface area (Å²) in [7, 11) is 0.607. The van der Waals surface area contributed by atoms with Crippen LogP contribution in [0.3, 0.4) is 0 Å². The van der Waals surface area contributed by atoms with Crippen molar-refractivity contribution in [2.75, 3.05) is 14.2 Å². The fraction of sp³-hybridized carbons (Fsp3) is 0.150. The molecular weight excluding hydrogens is 378 g/mol. The fourth-order valence-electron chi connectivity index (χ4n) is 3.29. The van der Waals surface area contributed by atoms with Gasteiger partial charge in [-0.2, -0.15) is 0 Å². The van der Waals surface area contributed by atoms with E-state index in [4.69, 9.17) is 9.47 Å². The lowest BCUT2D eigenvalue weighted by atomic mass is 10.1. The van der Waals surface area contributed by atoms with Crippen molar-refractivity contribution in [2.45, 2.75) is 6.54 Å². The number of nitrogens with zero attached hydrogens (tertiary/aromatic N) is 2. The molecule has 8 heteroatoms. The molecule has 4 rings (SSSR count). The molecule has 0 aliphatic carbocycles. The Hall–Kier alpha value is -3.10. The summed E-state index contributed by atoms with van der Waals surface area (Å²) < 4.78 is 36.7. The molecule has 0 atom stereocenters. The molecule has 1 N–H and O–H groups in total. The van der Waals surface area contributed by atoms with Crippen molar-refractivity contribution in [2.24, 2.45) is 0 Å². The van der Waals surface area contributed by atoms with Crippen molar-refractivity contribution in [3.8, 4) is 17.2 Å². The third kappa shape index (κ3) is 3.28. The van der Waals surface area contributed by atoms with Crippen molar-refractivity contribution in [3.63, 3.8) is 0 Å². The van der Waals surface area contributed by atoms with Gasteiger partial charge in [-0.25, -0.2) is 13.1 Å². The van der Waals surface area contributed by atoms with Gasteiger partial charge < -0.3 is 14.0 Å². The highest BCUT2D eigenvalue weighted by Gasteiger charge is 2.13. The maximum atomic E-state index is 10.7. The van der Waals surface area contributed by atoms with Crippen LogP contribution in [0.2, 0.25) is 0 Å². The van der Waals surface area contributed by atoms with Crippen LogP contribution in [0.15, 0.2) is 54.9 Å². The van der Waals surface area contributed by atoms with Crippen LogP contribution in [0.1, 0.15) is 5.56 Å². The molecule has 0 aliphatic heterocycles. The first-order valence-corrected chi connectivity index (χ1v) is 9.77. The molecule has 2 aromatic heterocycles. The number of thiol groups is 1. The Balaban J connectivity index is 1.84. The molecule has 7 nitrogen and oxygen atoms in total. The second-order valence-electron chi connectivity index (χ2n) is 6.23. The summed E-state index contributed by atoms with van der Waals surface area (Å²) in [5, 5.41) is 1.96. The average Bonchev–Trinajstić information content (AvgIpc) is 3.16. The third-order valence-corrected chi connectivity index (χ3v) is 5.06. The van der Waals surface area contributed by atoms with Gasteiger partial charge in [0.2, 0.25) is 10.9 Å². The van der Waals surface area contributed by atoms with E-state index in [1.165, 1.54) is 0 Å². The summed E-state index contributed by atoms with van der Waals surface area (Å²) in [6, 6.07) is 13.5. The van der Waals surface area contributed by atoms with E-state index in [-0.39, 0.29) is 6.54 Å². The average molecular weight is 397 g/mol. The zero-order chi connectivity index (χ0) is 19.7. The molecule has 28 heavy (non-hydrogen) atoms. The molecular formula is C20H19N3O4S. The number of pyridine rings is 1. The summed E-state index contributed by atoms with van der Waals surface area (Å²) in [5.74, 6) is 1.28. The number of hydrogen-bond acceptors (Lipinski definition) is 5. The van der Waals surface area contributed by atoms with E-state index in [0.717, 1.165) is 33.1 Å². The van der Waals surface area contributed by atoms with Crippen LogP contribution in [0.25, 0.3) is 27.5 Å². The second kappa shape index (κ2) is 7.49. The SMILES string of the molecule is COc1cc2ncc3ccn(-c4ccc(CN[SH](=O)=O)cc4)c3c2cc1OC. The first-order valence-electron chi connectivity index (χ1n) is 8.59. The monoisotopic (exact) mass is 397 g/mol. The molecule has 2 heterocycles. The molecule has 0 fully saturated rings. The van der Waals surface area contributed by atoms with Crippen molar-refractivity contribution < 1.29 is 17.9 Å². The Labute approximate surface area is 163 Å². The molecule has 0 amide bonds.